The minimum Gasteiger partial charge on any atom is -0.380 e. The Morgan fingerprint density at radius 1 is 0.783 bits per heavy atom. The molecule has 5 rings (SSSR count). The summed E-state index contributed by atoms with van der Waals surface area (Å²) in [4.78, 5) is 44.1. The number of nitrogens with zero attached hydrogens (tertiary/aromatic N) is 3. The second-order valence-electron chi connectivity index (χ2n) is 12.2. The zero-order valence-electron chi connectivity index (χ0n) is 26.8. The van der Waals surface area contributed by atoms with Crippen LogP contribution in [0.25, 0.3) is 0 Å². The van der Waals surface area contributed by atoms with Crippen LogP contribution in [0.2, 0.25) is 0 Å². The van der Waals surface area contributed by atoms with Crippen molar-refractivity contribution in [3.63, 3.8) is 0 Å². The highest BCUT2D eigenvalue weighted by molar-refractivity contribution is 6.21. The lowest BCUT2D eigenvalue weighted by atomic mass is 9.64. The van der Waals surface area contributed by atoms with Crippen molar-refractivity contribution in [1.82, 2.24) is 14.7 Å². The molecule has 1 fully saturated rings. The van der Waals surface area contributed by atoms with Crippen LogP contribution in [-0.2, 0) is 19.7 Å². The molecule has 1 atom stereocenters. The highest BCUT2D eigenvalue weighted by Gasteiger charge is 2.49. The van der Waals surface area contributed by atoms with E-state index in [9.17, 15) is 14.4 Å². The van der Waals surface area contributed by atoms with Crippen LogP contribution in [0.15, 0.2) is 84.9 Å². The number of amides is 3. The molecule has 2 aliphatic rings. The van der Waals surface area contributed by atoms with Crippen LogP contribution in [0.4, 0.5) is 0 Å². The summed E-state index contributed by atoms with van der Waals surface area (Å²) in [6, 6.07) is 26.9. The van der Waals surface area contributed by atoms with Crippen molar-refractivity contribution in [3.8, 4) is 0 Å². The maximum atomic E-state index is 13.3. The Morgan fingerprint density at radius 3 is 1.93 bits per heavy atom. The van der Waals surface area contributed by atoms with Crippen LogP contribution >= 0.6 is 0 Å². The molecule has 0 aliphatic carbocycles. The lowest BCUT2D eigenvalue weighted by Gasteiger charge is -2.37. The summed E-state index contributed by atoms with van der Waals surface area (Å²) in [6.07, 6.45) is 2.42. The summed E-state index contributed by atoms with van der Waals surface area (Å²) in [5.41, 5.74) is 8.23. The first kappa shape index (κ1) is 33.5. The number of hydrogen-bond donors (Lipinski definition) is 1. The second-order valence-corrected chi connectivity index (χ2v) is 12.2. The Balaban J connectivity index is 0.947. The molecule has 3 aromatic carbocycles. The summed E-state index contributed by atoms with van der Waals surface area (Å²) in [6.45, 7) is 6.96. The first-order valence-corrected chi connectivity index (χ1v) is 16.4. The Kier molecular flexibility index (Phi) is 11.7. The molecule has 0 saturated carbocycles. The summed E-state index contributed by atoms with van der Waals surface area (Å²) in [7, 11) is 2.02. The smallest absolute Gasteiger partial charge is 0.261 e. The molecule has 2 aliphatic heterocycles. The Hall–Kier alpha value is -3.89. The molecule has 1 saturated heterocycles. The van der Waals surface area contributed by atoms with Gasteiger partial charge in [-0.25, -0.2) is 0 Å². The monoisotopic (exact) mass is 626 g/mol. The number of carbonyl (C=O) groups is 3. The topological polar surface area (TPSA) is 105 Å². The van der Waals surface area contributed by atoms with Gasteiger partial charge in [-0.2, -0.15) is 0 Å². The zero-order chi connectivity index (χ0) is 32.4. The number of fused-ring (bicyclic) bond motifs is 1. The largest absolute Gasteiger partial charge is 0.380 e. The lowest BCUT2D eigenvalue weighted by molar-refractivity contribution is -0.123. The molecule has 1 unspecified atom stereocenters. The number of nitrogens with two attached hydrogens (primary N) is 1. The van der Waals surface area contributed by atoms with E-state index in [0.29, 0.717) is 44.1 Å². The van der Waals surface area contributed by atoms with Gasteiger partial charge in [-0.15, -0.1) is 0 Å². The number of benzene rings is 3. The molecule has 9 nitrogen and oxygen atoms in total. The van der Waals surface area contributed by atoms with Gasteiger partial charge in [-0.1, -0.05) is 72.8 Å². The Bertz CT molecular complexity index is 1380. The van der Waals surface area contributed by atoms with E-state index in [1.54, 1.807) is 24.3 Å². The Morgan fingerprint density at radius 2 is 1.35 bits per heavy atom. The fourth-order valence-corrected chi connectivity index (χ4v) is 6.85. The molecule has 0 spiro atoms. The number of rotatable bonds is 18. The van der Waals surface area contributed by atoms with E-state index in [0.717, 1.165) is 63.1 Å². The van der Waals surface area contributed by atoms with E-state index in [1.807, 2.05) is 67.7 Å². The first-order valence-electron chi connectivity index (χ1n) is 16.4. The molecule has 3 amide bonds. The van der Waals surface area contributed by atoms with Gasteiger partial charge in [0, 0.05) is 39.4 Å². The highest BCUT2D eigenvalue weighted by atomic mass is 16.5. The predicted octanol–water partition coefficient (Wildman–Crippen LogP) is 3.82. The van der Waals surface area contributed by atoms with Crippen molar-refractivity contribution in [2.75, 3.05) is 72.7 Å². The van der Waals surface area contributed by atoms with E-state index in [1.165, 1.54) is 4.90 Å². The number of hydrogen-bond acceptors (Lipinski definition) is 7. The number of ether oxygens (including phenoxy) is 2. The van der Waals surface area contributed by atoms with Gasteiger partial charge < -0.3 is 25.0 Å². The molecule has 46 heavy (non-hydrogen) atoms. The Labute approximate surface area is 272 Å². The van der Waals surface area contributed by atoms with Crippen LogP contribution in [0, 0.1) is 5.92 Å². The molecular weight excluding hydrogens is 580 g/mol. The van der Waals surface area contributed by atoms with Crippen molar-refractivity contribution in [1.29, 1.82) is 0 Å². The predicted molar refractivity (Wildman–Crippen MR) is 178 cm³/mol. The van der Waals surface area contributed by atoms with E-state index in [4.69, 9.17) is 15.2 Å². The maximum Gasteiger partial charge on any atom is 0.261 e. The van der Waals surface area contributed by atoms with Crippen LogP contribution in [0.5, 0.6) is 0 Å². The van der Waals surface area contributed by atoms with Crippen molar-refractivity contribution in [2.24, 2.45) is 11.7 Å². The minimum absolute atomic E-state index is 0.0728. The summed E-state index contributed by atoms with van der Waals surface area (Å²) >= 11 is 0. The third-order valence-electron chi connectivity index (χ3n) is 9.28. The van der Waals surface area contributed by atoms with Gasteiger partial charge in [0.15, 0.2) is 0 Å². The summed E-state index contributed by atoms with van der Waals surface area (Å²) < 4.78 is 11.7. The van der Waals surface area contributed by atoms with Crippen LogP contribution in [-0.4, -0.2) is 105 Å². The number of likely N-dealkylation sites (N-methyl/N-ethyl adjacent to an activating group) is 1. The quantitative estimate of drug-likeness (QED) is 0.169. The number of carbonyl (C=O) groups excluding carboxylic acids is 3. The highest BCUT2D eigenvalue weighted by Crippen LogP contribution is 2.43. The maximum absolute atomic E-state index is 13.3. The van der Waals surface area contributed by atoms with Gasteiger partial charge in [0.2, 0.25) is 5.91 Å². The normalized spacial score (nSPS) is 16.8. The van der Waals surface area contributed by atoms with Gasteiger partial charge in [-0.3, -0.25) is 19.3 Å². The van der Waals surface area contributed by atoms with Crippen LogP contribution < -0.4 is 5.73 Å². The fraction of sp³-hybridized carbons (Fsp3) is 0.432. The zero-order valence-corrected chi connectivity index (χ0v) is 26.8. The molecule has 244 valence electrons. The van der Waals surface area contributed by atoms with Crippen LogP contribution in [0.1, 0.15) is 51.1 Å². The van der Waals surface area contributed by atoms with Crippen molar-refractivity contribution in [2.45, 2.75) is 24.7 Å². The number of likely N-dealkylation sites (tertiary alicyclic amines) is 1. The number of primary amides is 1. The first-order chi connectivity index (χ1) is 22.4. The van der Waals surface area contributed by atoms with E-state index in [2.05, 4.69) is 9.80 Å². The van der Waals surface area contributed by atoms with E-state index >= 15 is 0 Å². The van der Waals surface area contributed by atoms with Crippen molar-refractivity contribution in [3.05, 3.63) is 107 Å². The van der Waals surface area contributed by atoms with Gasteiger partial charge in [-0.05, 0) is 68.6 Å². The standard InChI is InChI=1S/C37H46N4O5/c1-39(19-10-20-41-34(42)32-16-8-9-17-33(32)35(41)43)22-26-45-24-11-25-46-27-23-40-21-18-31(28-40)37(36(38)44,29-12-4-2-5-13-29)30-14-6-3-7-15-30/h2-9,12-17,31H,10-11,18-28H2,1H3,(H2,38,44). The van der Waals surface area contributed by atoms with Crippen molar-refractivity contribution < 1.29 is 23.9 Å². The third kappa shape index (κ3) is 7.56. The van der Waals surface area contributed by atoms with E-state index < -0.39 is 5.41 Å². The van der Waals surface area contributed by atoms with Gasteiger partial charge in [0.05, 0.1) is 24.3 Å². The molecule has 3 aromatic rings. The number of imide groups is 1. The lowest BCUT2D eigenvalue weighted by Crippen LogP contribution is -2.49. The van der Waals surface area contributed by atoms with Crippen LogP contribution in [0.3, 0.4) is 0 Å². The van der Waals surface area contributed by atoms with Crippen molar-refractivity contribution >= 4 is 17.7 Å². The average molecular weight is 627 g/mol. The molecular formula is C37H46N4O5. The van der Waals surface area contributed by atoms with Gasteiger partial charge in [0.25, 0.3) is 11.8 Å². The van der Waals surface area contributed by atoms with Gasteiger partial charge >= 0.3 is 0 Å². The second kappa shape index (κ2) is 16.1. The average Bonchev–Trinajstić information content (AvgIpc) is 3.64. The minimum atomic E-state index is -0.873. The fourth-order valence-electron chi connectivity index (χ4n) is 6.85. The molecule has 0 radical (unpaired) electrons. The molecule has 9 heteroatoms. The van der Waals surface area contributed by atoms with Gasteiger partial charge in [0.1, 0.15) is 5.41 Å². The third-order valence-corrected chi connectivity index (χ3v) is 9.28. The SMILES string of the molecule is CN(CCCN1C(=O)c2ccccc2C1=O)CCOCCCOCCN1CCC(C(C(N)=O)(c2ccccc2)c2ccccc2)C1. The molecule has 2 N–H and O–H groups in total. The molecule has 0 bridgehead atoms. The van der Waals surface area contributed by atoms with E-state index in [-0.39, 0.29) is 23.6 Å². The molecule has 2 heterocycles. The summed E-state index contributed by atoms with van der Waals surface area (Å²) in [5.74, 6) is -0.631. The molecule has 0 aromatic heterocycles. The summed E-state index contributed by atoms with van der Waals surface area (Å²) in [5, 5.41) is 0.